The smallest absolute Gasteiger partial charge is 0.243 e. The van der Waals surface area contributed by atoms with Gasteiger partial charge in [0.1, 0.15) is 5.75 Å². The van der Waals surface area contributed by atoms with Gasteiger partial charge in [0.05, 0.1) is 25.9 Å². The maximum Gasteiger partial charge on any atom is 0.243 e. The van der Waals surface area contributed by atoms with Crippen molar-refractivity contribution < 1.29 is 14.3 Å². The lowest BCUT2D eigenvalue weighted by Gasteiger charge is -2.16. The number of likely N-dealkylation sites (N-methyl/N-ethyl adjacent to an activating group) is 1. The molecule has 2 rings (SSSR count). The summed E-state index contributed by atoms with van der Waals surface area (Å²) in [6, 6.07) is 15.0. The summed E-state index contributed by atoms with van der Waals surface area (Å²) in [5.74, 6) is 0.294. The van der Waals surface area contributed by atoms with Crippen LogP contribution in [0.2, 0.25) is 0 Å². The molecule has 0 saturated carbocycles. The highest BCUT2D eigenvalue weighted by molar-refractivity contribution is 9.10. The molecule has 0 bridgehead atoms. The molecule has 0 aromatic heterocycles. The van der Waals surface area contributed by atoms with E-state index in [9.17, 15) is 9.59 Å². The Morgan fingerprint density at radius 3 is 2.62 bits per heavy atom. The van der Waals surface area contributed by atoms with Gasteiger partial charge < -0.3 is 15.4 Å². The van der Waals surface area contributed by atoms with E-state index in [-0.39, 0.29) is 24.9 Å². The topological polar surface area (TPSA) is 70.7 Å². The molecule has 2 aromatic rings. The first-order valence-electron chi connectivity index (χ1n) is 8.10. The Morgan fingerprint density at radius 2 is 1.88 bits per heavy atom. The molecule has 0 spiro atoms. The Bertz CT molecular complexity index is 767. The number of anilines is 1. The van der Waals surface area contributed by atoms with Crippen LogP contribution in [0.15, 0.2) is 53.0 Å². The summed E-state index contributed by atoms with van der Waals surface area (Å²) < 4.78 is 5.98. The minimum absolute atomic E-state index is 0.0762. The van der Waals surface area contributed by atoms with Crippen LogP contribution in [0.5, 0.6) is 5.75 Å². The van der Waals surface area contributed by atoms with Gasteiger partial charge in [-0.3, -0.25) is 14.5 Å². The van der Waals surface area contributed by atoms with Crippen LogP contribution < -0.4 is 15.4 Å². The van der Waals surface area contributed by atoms with Gasteiger partial charge in [-0.2, -0.15) is 0 Å². The number of methoxy groups -OCH3 is 1. The molecule has 6 nitrogen and oxygen atoms in total. The van der Waals surface area contributed by atoms with Crippen molar-refractivity contribution in [3.05, 3.63) is 58.6 Å². The lowest BCUT2D eigenvalue weighted by Crippen LogP contribution is -2.39. The zero-order valence-electron chi connectivity index (χ0n) is 14.8. The average Bonchev–Trinajstić information content (AvgIpc) is 2.62. The number of hydrogen-bond donors (Lipinski definition) is 2. The summed E-state index contributed by atoms with van der Waals surface area (Å²) in [5.41, 5.74) is 1.72. The van der Waals surface area contributed by atoms with Crippen molar-refractivity contribution in [2.45, 2.75) is 6.54 Å². The van der Waals surface area contributed by atoms with Gasteiger partial charge in [0.2, 0.25) is 11.8 Å². The number of benzene rings is 2. The predicted octanol–water partition coefficient (Wildman–Crippen LogP) is 2.64. The van der Waals surface area contributed by atoms with Crippen molar-refractivity contribution in [1.82, 2.24) is 10.2 Å². The molecule has 0 atom stereocenters. The van der Waals surface area contributed by atoms with Crippen LogP contribution in [0.25, 0.3) is 0 Å². The van der Waals surface area contributed by atoms with E-state index < -0.39 is 0 Å². The van der Waals surface area contributed by atoms with Crippen LogP contribution in [0.3, 0.4) is 0 Å². The molecule has 0 aliphatic rings. The molecule has 0 saturated heterocycles. The van der Waals surface area contributed by atoms with E-state index >= 15 is 0 Å². The molecular weight excluding hydrogens is 398 g/mol. The predicted molar refractivity (Wildman–Crippen MR) is 105 cm³/mol. The number of carbonyl (C=O) groups excluding carboxylic acids is 2. The van der Waals surface area contributed by atoms with E-state index in [0.29, 0.717) is 12.2 Å². The molecule has 0 aliphatic carbocycles. The molecule has 0 aliphatic heterocycles. The van der Waals surface area contributed by atoms with E-state index in [0.717, 1.165) is 15.8 Å². The first-order valence-corrected chi connectivity index (χ1v) is 8.90. The molecule has 7 heteroatoms. The summed E-state index contributed by atoms with van der Waals surface area (Å²) in [5, 5.41) is 5.37. The molecular formula is C19H22BrN3O3. The number of halogens is 1. The first-order chi connectivity index (χ1) is 12.5. The molecule has 0 heterocycles. The van der Waals surface area contributed by atoms with Gasteiger partial charge >= 0.3 is 0 Å². The molecule has 0 radical (unpaired) electrons. The highest BCUT2D eigenvalue weighted by atomic mass is 79.9. The number of ether oxygens (including phenoxy) is 1. The fraction of sp³-hybridized carbons (Fsp3) is 0.263. The maximum atomic E-state index is 12.0. The SMILES string of the molecule is COc1cccc(CN(C)CC(=O)NCC(=O)Nc2ccccc2Br)c1. The fourth-order valence-corrected chi connectivity index (χ4v) is 2.76. The fourth-order valence-electron chi connectivity index (χ4n) is 2.38. The first kappa shape index (κ1) is 19.9. The highest BCUT2D eigenvalue weighted by Gasteiger charge is 2.10. The van der Waals surface area contributed by atoms with E-state index in [4.69, 9.17) is 4.74 Å². The Labute approximate surface area is 161 Å². The Kier molecular flexibility index (Phi) is 7.62. The molecule has 2 N–H and O–H groups in total. The third kappa shape index (κ3) is 6.50. The van der Waals surface area contributed by atoms with E-state index in [1.807, 2.05) is 54.4 Å². The number of carbonyl (C=O) groups is 2. The number of nitrogens with one attached hydrogen (secondary N) is 2. The van der Waals surface area contributed by atoms with Gasteiger partial charge in [0.15, 0.2) is 0 Å². The van der Waals surface area contributed by atoms with Gasteiger partial charge in [-0.05, 0) is 52.8 Å². The standard InChI is InChI=1S/C19H22BrN3O3/c1-23(12-14-6-5-7-15(10-14)26-2)13-19(25)21-11-18(24)22-17-9-4-3-8-16(17)20/h3-10H,11-13H2,1-2H3,(H,21,25)(H,22,24). The largest absolute Gasteiger partial charge is 0.497 e. The summed E-state index contributed by atoms with van der Waals surface area (Å²) in [7, 11) is 3.47. The van der Waals surface area contributed by atoms with Crippen LogP contribution >= 0.6 is 15.9 Å². The molecule has 26 heavy (non-hydrogen) atoms. The minimum Gasteiger partial charge on any atom is -0.497 e. The van der Waals surface area contributed by atoms with Crippen molar-refractivity contribution in [1.29, 1.82) is 0 Å². The zero-order chi connectivity index (χ0) is 18.9. The van der Waals surface area contributed by atoms with Crippen molar-refractivity contribution >= 4 is 33.4 Å². The Morgan fingerprint density at radius 1 is 1.12 bits per heavy atom. The second kappa shape index (κ2) is 9.94. The number of hydrogen-bond acceptors (Lipinski definition) is 4. The van der Waals surface area contributed by atoms with E-state index in [2.05, 4.69) is 26.6 Å². The average molecular weight is 420 g/mol. The third-order valence-corrected chi connectivity index (χ3v) is 4.29. The van der Waals surface area contributed by atoms with Crippen LogP contribution in [0.4, 0.5) is 5.69 Å². The number of nitrogens with zero attached hydrogens (tertiary/aromatic N) is 1. The summed E-state index contributed by atoms with van der Waals surface area (Å²) in [4.78, 5) is 25.8. The normalized spacial score (nSPS) is 10.5. The van der Waals surface area contributed by atoms with Gasteiger partial charge in [0, 0.05) is 11.0 Å². The summed E-state index contributed by atoms with van der Waals surface area (Å²) in [6.07, 6.45) is 0. The van der Waals surface area contributed by atoms with Crippen molar-refractivity contribution in [3.8, 4) is 5.75 Å². The molecule has 138 valence electrons. The molecule has 2 amide bonds. The van der Waals surface area contributed by atoms with Gasteiger partial charge in [-0.15, -0.1) is 0 Å². The molecule has 0 fully saturated rings. The highest BCUT2D eigenvalue weighted by Crippen LogP contribution is 2.20. The van der Waals surface area contributed by atoms with Crippen molar-refractivity contribution in [2.75, 3.05) is 32.6 Å². The van der Waals surface area contributed by atoms with E-state index in [1.54, 1.807) is 13.2 Å². The van der Waals surface area contributed by atoms with Crippen LogP contribution in [0, 0.1) is 0 Å². The van der Waals surface area contributed by atoms with Gasteiger partial charge in [-0.25, -0.2) is 0 Å². The monoisotopic (exact) mass is 419 g/mol. The molecule has 2 aromatic carbocycles. The maximum absolute atomic E-state index is 12.0. The number of amides is 2. The third-order valence-electron chi connectivity index (χ3n) is 3.59. The van der Waals surface area contributed by atoms with Crippen molar-refractivity contribution in [2.24, 2.45) is 0 Å². The second-order valence-electron chi connectivity index (χ2n) is 5.83. The molecule has 0 unspecified atom stereocenters. The summed E-state index contributed by atoms with van der Waals surface area (Å²) >= 11 is 3.36. The van der Waals surface area contributed by atoms with Crippen LogP contribution in [-0.4, -0.2) is 44.0 Å². The lowest BCUT2D eigenvalue weighted by molar-refractivity contribution is -0.124. The quantitative estimate of drug-likeness (QED) is 0.689. The minimum atomic E-state index is -0.277. The Balaban J connectivity index is 1.75. The van der Waals surface area contributed by atoms with Crippen molar-refractivity contribution in [3.63, 3.8) is 0 Å². The number of para-hydroxylation sites is 1. The lowest BCUT2D eigenvalue weighted by atomic mass is 10.2. The second-order valence-corrected chi connectivity index (χ2v) is 6.68. The van der Waals surface area contributed by atoms with Crippen LogP contribution in [-0.2, 0) is 16.1 Å². The van der Waals surface area contributed by atoms with Gasteiger partial charge in [0.25, 0.3) is 0 Å². The Hall–Kier alpha value is -2.38. The number of rotatable bonds is 8. The summed E-state index contributed by atoms with van der Waals surface area (Å²) in [6.45, 7) is 0.723. The van der Waals surface area contributed by atoms with E-state index in [1.165, 1.54) is 0 Å². The van der Waals surface area contributed by atoms with Crippen LogP contribution in [0.1, 0.15) is 5.56 Å². The zero-order valence-corrected chi connectivity index (χ0v) is 16.4. The van der Waals surface area contributed by atoms with Gasteiger partial charge in [-0.1, -0.05) is 24.3 Å².